The summed E-state index contributed by atoms with van der Waals surface area (Å²) in [5.41, 5.74) is 3.19. The lowest BCUT2D eigenvalue weighted by molar-refractivity contribution is 0.578. The van der Waals surface area contributed by atoms with Gasteiger partial charge in [0.2, 0.25) is 0 Å². The van der Waals surface area contributed by atoms with E-state index in [-0.39, 0.29) is 5.56 Å². The van der Waals surface area contributed by atoms with Crippen molar-refractivity contribution in [3.8, 4) is 6.07 Å². The zero-order valence-electron chi connectivity index (χ0n) is 13.7. The zero-order chi connectivity index (χ0) is 16.9. The Morgan fingerprint density at radius 1 is 1.17 bits per heavy atom. The topological polar surface area (TPSA) is 72.8 Å². The first-order chi connectivity index (χ1) is 11.7. The van der Waals surface area contributed by atoms with E-state index < -0.39 is 5.56 Å². The molecule has 0 spiro atoms. The molecule has 5 heteroatoms. The normalized spacial score (nSPS) is 14.8. The molecule has 1 aliphatic heterocycles. The second-order valence-corrected chi connectivity index (χ2v) is 6.02. The number of nitriles is 1. The van der Waals surface area contributed by atoms with Crippen molar-refractivity contribution in [2.45, 2.75) is 26.2 Å². The summed E-state index contributed by atoms with van der Waals surface area (Å²) in [5.74, 6) is 0. The number of nitrogens with zero attached hydrogens (tertiary/aromatic N) is 3. The highest BCUT2D eigenvalue weighted by Crippen LogP contribution is 2.21. The van der Waals surface area contributed by atoms with Crippen molar-refractivity contribution in [2.24, 2.45) is 0 Å². The van der Waals surface area contributed by atoms with E-state index in [2.05, 4.69) is 39.4 Å². The van der Waals surface area contributed by atoms with Crippen LogP contribution in [-0.2, 0) is 0 Å². The maximum Gasteiger partial charge on any atom is 0.282 e. The van der Waals surface area contributed by atoms with Crippen LogP contribution in [0.5, 0.6) is 0 Å². The van der Waals surface area contributed by atoms with Crippen LogP contribution in [0.15, 0.2) is 29.1 Å². The average molecular weight is 320 g/mol. The van der Waals surface area contributed by atoms with Gasteiger partial charge >= 0.3 is 0 Å². The van der Waals surface area contributed by atoms with Gasteiger partial charge in [0.15, 0.2) is 0 Å². The number of H-pyrrole nitrogens is 1. The van der Waals surface area contributed by atoms with Gasteiger partial charge in [-0.1, -0.05) is 18.2 Å². The van der Waals surface area contributed by atoms with Gasteiger partial charge < -0.3 is 4.90 Å². The lowest BCUT2D eigenvalue weighted by Gasteiger charge is -2.28. The van der Waals surface area contributed by atoms with Gasteiger partial charge in [0.05, 0.1) is 5.69 Å². The number of aromatic nitrogens is 2. The fourth-order valence-corrected chi connectivity index (χ4v) is 2.97. The van der Waals surface area contributed by atoms with Gasteiger partial charge in [-0.25, -0.2) is 5.10 Å². The van der Waals surface area contributed by atoms with Crippen LogP contribution in [0.25, 0.3) is 12.2 Å². The maximum absolute atomic E-state index is 11.5. The lowest BCUT2D eigenvalue weighted by atomic mass is 10.1. The third-order valence-electron chi connectivity index (χ3n) is 4.42. The molecule has 1 aromatic carbocycles. The van der Waals surface area contributed by atoms with Crippen molar-refractivity contribution in [1.82, 2.24) is 10.2 Å². The first kappa shape index (κ1) is 16.0. The Bertz CT molecular complexity index is 837. The number of piperidine rings is 1. The minimum absolute atomic E-state index is 0.116. The van der Waals surface area contributed by atoms with Gasteiger partial charge in [-0.3, -0.25) is 4.79 Å². The summed E-state index contributed by atoms with van der Waals surface area (Å²) in [6.45, 7) is 4.00. The van der Waals surface area contributed by atoms with E-state index in [1.165, 1.54) is 24.9 Å². The van der Waals surface area contributed by atoms with Crippen molar-refractivity contribution < 1.29 is 0 Å². The largest absolute Gasteiger partial charge is 0.372 e. The van der Waals surface area contributed by atoms with Gasteiger partial charge in [-0.2, -0.15) is 10.4 Å². The quantitative estimate of drug-likeness (QED) is 0.943. The maximum atomic E-state index is 11.5. The highest BCUT2D eigenvalue weighted by atomic mass is 16.1. The van der Waals surface area contributed by atoms with Crippen molar-refractivity contribution in [3.63, 3.8) is 0 Å². The first-order valence-electron chi connectivity index (χ1n) is 8.21. The van der Waals surface area contributed by atoms with Crippen LogP contribution in [0, 0.1) is 18.3 Å². The Morgan fingerprint density at radius 3 is 2.54 bits per heavy atom. The number of nitrogens with one attached hydrogen (secondary N) is 1. The molecular formula is C19H20N4O. The summed E-state index contributed by atoms with van der Waals surface area (Å²) in [6, 6.07) is 10.4. The number of hydrogen-bond donors (Lipinski definition) is 1. The Balaban J connectivity index is 1.78. The molecule has 122 valence electrons. The van der Waals surface area contributed by atoms with Gasteiger partial charge in [0.1, 0.15) is 11.6 Å². The minimum atomic E-state index is -0.446. The smallest absolute Gasteiger partial charge is 0.282 e. The third kappa shape index (κ3) is 3.38. The van der Waals surface area contributed by atoms with Gasteiger partial charge in [0.25, 0.3) is 5.56 Å². The second-order valence-electron chi connectivity index (χ2n) is 6.02. The predicted octanol–water partition coefficient (Wildman–Crippen LogP) is 3.11. The number of benzene rings is 1. The highest BCUT2D eigenvalue weighted by molar-refractivity contribution is 5.70. The van der Waals surface area contributed by atoms with E-state index in [0.717, 1.165) is 18.7 Å². The number of hydrogen-bond acceptors (Lipinski definition) is 4. The molecule has 1 aliphatic rings. The second kappa shape index (κ2) is 7.14. The molecule has 1 N–H and O–H groups in total. The van der Waals surface area contributed by atoms with E-state index in [1.54, 1.807) is 6.92 Å². The first-order valence-corrected chi connectivity index (χ1v) is 8.21. The van der Waals surface area contributed by atoms with Gasteiger partial charge in [-0.05, 0) is 55.5 Å². The van der Waals surface area contributed by atoms with Crippen LogP contribution in [0.3, 0.4) is 0 Å². The van der Waals surface area contributed by atoms with Gasteiger partial charge in [0, 0.05) is 18.8 Å². The van der Waals surface area contributed by atoms with E-state index in [4.69, 9.17) is 5.26 Å². The van der Waals surface area contributed by atoms with Crippen LogP contribution in [-0.4, -0.2) is 23.3 Å². The SMILES string of the molecule is Cc1c(/C=C/c2ccc(N3CCCCC3)cc2)n[nH]c(=O)c1C#N. The Morgan fingerprint density at radius 2 is 1.88 bits per heavy atom. The molecule has 5 nitrogen and oxygen atoms in total. The lowest BCUT2D eigenvalue weighted by Crippen LogP contribution is -2.29. The fraction of sp³-hybridized carbons (Fsp3) is 0.316. The monoisotopic (exact) mass is 320 g/mol. The highest BCUT2D eigenvalue weighted by Gasteiger charge is 2.10. The van der Waals surface area contributed by atoms with Crippen LogP contribution >= 0.6 is 0 Å². The molecule has 0 unspecified atom stereocenters. The summed E-state index contributed by atoms with van der Waals surface area (Å²) in [5, 5.41) is 15.4. The third-order valence-corrected chi connectivity index (χ3v) is 4.42. The molecule has 1 aromatic heterocycles. The van der Waals surface area contributed by atoms with Crippen molar-refractivity contribution in [1.29, 1.82) is 5.26 Å². The fourth-order valence-electron chi connectivity index (χ4n) is 2.97. The molecule has 2 heterocycles. The van der Waals surface area contributed by atoms with E-state index >= 15 is 0 Å². The Kier molecular flexibility index (Phi) is 4.76. The van der Waals surface area contributed by atoms with E-state index in [0.29, 0.717) is 11.3 Å². The minimum Gasteiger partial charge on any atom is -0.372 e. The van der Waals surface area contributed by atoms with E-state index in [1.807, 2.05) is 18.2 Å². The molecule has 0 amide bonds. The Labute approximate surface area is 141 Å². The predicted molar refractivity (Wildman–Crippen MR) is 95.7 cm³/mol. The van der Waals surface area contributed by atoms with E-state index in [9.17, 15) is 4.79 Å². The number of aromatic amines is 1. The molecule has 1 saturated heterocycles. The molecule has 0 aliphatic carbocycles. The summed E-state index contributed by atoms with van der Waals surface area (Å²) >= 11 is 0. The van der Waals surface area contributed by atoms with Gasteiger partial charge in [-0.15, -0.1) is 0 Å². The summed E-state index contributed by atoms with van der Waals surface area (Å²) in [6.07, 6.45) is 7.62. The molecule has 0 radical (unpaired) electrons. The molecule has 0 bridgehead atoms. The summed E-state index contributed by atoms with van der Waals surface area (Å²) in [4.78, 5) is 13.9. The molecular weight excluding hydrogens is 300 g/mol. The standard InChI is InChI=1S/C19H20N4O/c1-14-17(13-20)19(24)22-21-18(14)10-7-15-5-8-16(9-6-15)23-11-3-2-4-12-23/h5-10H,2-4,11-12H2,1H3,(H,22,24)/b10-7+. The average Bonchev–Trinajstić information content (AvgIpc) is 2.63. The molecule has 2 aromatic rings. The van der Waals surface area contributed by atoms with Crippen LogP contribution in [0.1, 0.15) is 41.6 Å². The van der Waals surface area contributed by atoms with Crippen LogP contribution in [0.2, 0.25) is 0 Å². The Hall–Kier alpha value is -2.87. The van der Waals surface area contributed by atoms with Crippen LogP contribution < -0.4 is 10.5 Å². The van der Waals surface area contributed by atoms with Crippen molar-refractivity contribution in [3.05, 3.63) is 57.0 Å². The van der Waals surface area contributed by atoms with Crippen LogP contribution in [0.4, 0.5) is 5.69 Å². The zero-order valence-corrected chi connectivity index (χ0v) is 13.7. The molecule has 24 heavy (non-hydrogen) atoms. The number of anilines is 1. The van der Waals surface area contributed by atoms with Crippen molar-refractivity contribution in [2.75, 3.05) is 18.0 Å². The summed E-state index contributed by atoms with van der Waals surface area (Å²) in [7, 11) is 0. The molecule has 0 saturated carbocycles. The molecule has 0 atom stereocenters. The van der Waals surface area contributed by atoms with Crippen molar-refractivity contribution >= 4 is 17.8 Å². The molecule has 3 rings (SSSR count). The summed E-state index contributed by atoms with van der Waals surface area (Å²) < 4.78 is 0. The number of rotatable bonds is 3. The molecule has 1 fully saturated rings.